The molecule has 7 heteroatoms. The van der Waals surface area contributed by atoms with E-state index in [1.807, 2.05) is 36.4 Å². The van der Waals surface area contributed by atoms with Crippen LogP contribution in [0.25, 0.3) is 28.2 Å². The van der Waals surface area contributed by atoms with Gasteiger partial charge < -0.3 is 10.1 Å². The van der Waals surface area contributed by atoms with Gasteiger partial charge in [-0.25, -0.2) is 13.9 Å². The molecule has 33 heavy (non-hydrogen) atoms. The standard InChI is InChI=1S/C26H22FN3O3/c1-3-33-26(32)22-15-19(11-14-23(22)28-17(2)31)24-16-25(18-9-12-20(27)13-10-18)30(29-24)21-7-5-4-6-8-21/h4-16H,3H2,1-2H3,(H,28,31). The summed E-state index contributed by atoms with van der Waals surface area (Å²) >= 11 is 0. The molecular formula is C26H22FN3O3. The Morgan fingerprint density at radius 1 is 0.970 bits per heavy atom. The monoisotopic (exact) mass is 443 g/mol. The Bertz CT molecular complexity index is 1300. The molecule has 1 N–H and O–H groups in total. The molecule has 0 saturated carbocycles. The largest absolute Gasteiger partial charge is 0.462 e. The van der Waals surface area contributed by atoms with Crippen molar-refractivity contribution in [2.75, 3.05) is 11.9 Å². The van der Waals surface area contributed by atoms with Gasteiger partial charge in [-0.05, 0) is 61.5 Å². The topological polar surface area (TPSA) is 73.2 Å². The van der Waals surface area contributed by atoms with E-state index in [2.05, 4.69) is 5.32 Å². The molecule has 0 aliphatic carbocycles. The van der Waals surface area contributed by atoms with Gasteiger partial charge in [-0.3, -0.25) is 4.79 Å². The second kappa shape index (κ2) is 9.48. The summed E-state index contributed by atoms with van der Waals surface area (Å²) in [6.45, 7) is 3.30. The van der Waals surface area contributed by atoms with E-state index in [1.54, 1.807) is 41.9 Å². The number of para-hydroxylation sites is 1. The molecule has 0 saturated heterocycles. The van der Waals surface area contributed by atoms with Gasteiger partial charge in [0.2, 0.25) is 5.91 Å². The highest BCUT2D eigenvalue weighted by Crippen LogP contribution is 2.31. The van der Waals surface area contributed by atoms with Crippen LogP contribution in [0.1, 0.15) is 24.2 Å². The molecule has 0 spiro atoms. The highest BCUT2D eigenvalue weighted by molar-refractivity contribution is 6.01. The predicted octanol–water partition coefficient (Wildman–Crippen LogP) is 5.48. The second-order valence-electron chi connectivity index (χ2n) is 7.33. The minimum absolute atomic E-state index is 0.208. The zero-order chi connectivity index (χ0) is 23.4. The molecule has 4 rings (SSSR count). The first kappa shape index (κ1) is 22.0. The number of rotatable bonds is 6. The fourth-order valence-electron chi connectivity index (χ4n) is 3.49. The number of halogens is 1. The second-order valence-corrected chi connectivity index (χ2v) is 7.33. The molecule has 4 aromatic rings. The minimum Gasteiger partial charge on any atom is -0.462 e. The molecule has 0 atom stereocenters. The molecule has 0 aliphatic rings. The number of carbonyl (C=O) groups is 2. The van der Waals surface area contributed by atoms with E-state index in [9.17, 15) is 14.0 Å². The van der Waals surface area contributed by atoms with Crippen molar-refractivity contribution in [3.8, 4) is 28.2 Å². The average molecular weight is 443 g/mol. The summed E-state index contributed by atoms with van der Waals surface area (Å²) in [4.78, 5) is 24.1. The Morgan fingerprint density at radius 3 is 2.33 bits per heavy atom. The third kappa shape index (κ3) is 4.82. The number of amides is 1. The number of hydrogen-bond donors (Lipinski definition) is 1. The molecule has 0 bridgehead atoms. The zero-order valence-electron chi connectivity index (χ0n) is 18.2. The number of anilines is 1. The van der Waals surface area contributed by atoms with Crippen LogP contribution in [0.3, 0.4) is 0 Å². The number of nitrogens with one attached hydrogen (secondary N) is 1. The van der Waals surface area contributed by atoms with E-state index in [1.165, 1.54) is 19.1 Å². The van der Waals surface area contributed by atoms with Crippen molar-refractivity contribution in [3.63, 3.8) is 0 Å². The van der Waals surface area contributed by atoms with Crippen molar-refractivity contribution in [2.45, 2.75) is 13.8 Å². The maximum absolute atomic E-state index is 13.5. The molecule has 1 aromatic heterocycles. The van der Waals surface area contributed by atoms with E-state index in [-0.39, 0.29) is 23.9 Å². The number of benzene rings is 3. The Kier molecular flexibility index (Phi) is 6.31. The summed E-state index contributed by atoms with van der Waals surface area (Å²) in [7, 11) is 0. The van der Waals surface area contributed by atoms with E-state index in [4.69, 9.17) is 9.84 Å². The van der Waals surface area contributed by atoms with Gasteiger partial charge in [0.05, 0.1) is 34.9 Å². The van der Waals surface area contributed by atoms with Gasteiger partial charge in [-0.1, -0.05) is 24.3 Å². The Labute approximate surface area is 190 Å². The average Bonchev–Trinajstić information content (AvgIpc) is 3.26. The third-order valence-electron chi connectivity index (χ3n) is 4.97. The van der Waals surface area contributed by atoms with Crippen molar-refractivity contribution >= 4 is 17.6 Å². The maximum Gasteiger partial charge on any atom is 0.340 e. The van der Waals surface area contributed by atoms with Crippen LogP contribution < -0.4 is 5.32 Å². The maximum atomic E-state index is 13.5. The smallest absolute Gasteiger partial charge is 0.340 e. The third-order valence-corrected chi connectivity index (χ3v) is 4.97. The Hall–Kier alpha value is -4.26. The van der Waals surface area contributed by atoms with Gasteiger partial charge in [-0.15, -0.1) is 0 Å². The summed E-state index contributed by atoms with van der Waals surface area (Å²) in [5.74, 6) is -1.15. The lowest BCUT2D eigenvalue weighted by Gasteiger charge is -2.10. The number of nitrogens with zero attached hydrogens (tertiary/aromatic N) is 2. The van der Waals surface area contributed by atoms with Gasteiger partial charge in [0.1, 0.15) is 5.82 Å². The van der Waals surface area contributed by atoms with E-state index in [0.717, 1.165) is 16.9 Å². The van der Waals surface area contributed by atoms with Gasteiger partial charge in [0, 0.05) is 18.1 Å². The van der Waals surface area contributed by atoms with Crippen LogP contribution in [-0.2, 0) is 9.53 Å². The summed E-state index contributed by atoms with van der Waals surface area (Å²) in [5.41, 5.74) is 4.28. The first-order valence-corrected chi connectivity index (χ1v) is 10.5. The van der Waals surface area contributed by atoms with Crippen LogP contribution >= 0.6 is 0 Å². The fraction of sp³-hybridized carbons (Fsp3) is 0.115. The van der Waals surface area contributed by atoms with Crippen LogP contribution in [0.4, 0.5) is 10.1 Å². The molecule has 1 heterocycles. The first-order chi connectivity index (χ1) is 16.0. The van der Waals surface area contributed by atoms with Crippen LogP contribution in [-0.4, -0.2) is 28.3 Å². The zero-order valence-corrected chi connectivity index (χ0v) is 18.2. The lowest BCUT2D eigenvalue weighted by molar-refractivity contribution is -0.114. The number of hydrogen-bond acceptors (Lipinski definition) is 4. The van der Waals surface area contributed by atoms with Gasteiger partial charge in [0.15, 0.2) is 0 Å². The Balaban J connectivity index is 1.85. The van der Waals surface area contributed by atoms with E-state index >= 15 is 0 Å². The summed E-state index contributed by atoms with van der Waals surface area (Å²) in [6, 6.07) is 22.7. The van der Waals surface area contributed by atoms with Crippen molar-refractivity contribution < 1.29 is 18.7 Å². The number of aromatic nitrogens is 2. The lowest BCUT2D eigenvalue weighted by atomic mass is 10.0. The minimum atomic E-state index is -0.538. The molecule has 0 fully saturated rings. The van der Waals surface area contributed by atoms with E-state index < -0.39 is 5.97 Å². The van der Waals surface area contributed by atoms with Gasteiger partial charge in [-0.2, -0.15) is 5.10 Å². The van der Waals surface area contributed by atoms with Crippen LogP contribution in [0.2, 0.25) is 0 Å². The SMILES string of the molecule is CCOC(=O)c1cc(-c2cc(-c3ccc(F)cc3)n(-c3ccccc3)n2)ccc1NC(C)=O. The van der Waals surface area contributed by atoms with Gasteiger partial charge >= 0.3 is 5.97 Å². The summed E-state index contributed by atoms with van der Waals surface area (Å²) < 4.78 is 20.5. The molecule has 0 aliphatic heterocycles. The van der Waals surface area contributed by atoms with Gasteiger partial charge in [0.25, 0.3) is 0 Å². The quantitative estimate of drug-likeness (QED) is 0.401. The molecule has 0 radical (unpaired) electrons. The normalized spacial score (nSPS) is 10.6. The highest BCUT2D eigenvalue weighted by atomic mass is 19.1. The van der Waals surface area contributed by atoms with Crippen molar-refractivity contribution in [3.05, 3.63) is 90.2 Å². The predicted molar refractivity (Wildman–Crippen MR) is 125 cm³/mol. The number of carbonyl (C=O) groups excluding carboxylic acids is 2. The van der Waals surface area contributed by atoms with Crippen molar-refractivity contribution in [1.29, 1.82) is 0 Å². The molecule has 3 aromatic carbocycles. The fourth-order valence-corrected chi connectivity index (χ4v) is 3.49. The van der Waals surface area contributed by atoms with E-state index in [0.29, 0.717) is 16.9 Å². The van der Waals surface area contributed by atoms with Crippen LogP contribution in [0.15, 0.2) is 78.9 Å². The van der Waals surface area contributed by atoms with Crippen LogP contribution in [0.5, 0.6) is 0 Å². The molecule has 6 nitrogen and oxygen atoms in total. The highest BCUT2D eigenvalue weighted by Gasteiger charge is 2.18. The number of ether oxygens (including phenoxy) is 1. The molecule has 166 valence electrons. The lowest BCUT2D eigenvalue weighted by Crippen LogP contribution is -2.13. The number of esters is 1. The molecule has 0 unspecified atom stereocenters. The first-order valence-electron chi connectivity index (χ1n) is 10.5. The van der Waals surface area contributed by atoms with Crippen molar-refractivity contribution in [2.24, 2.45) is 0 Å². The molecular weight excluding hydrogens is 421 g/mol. The van der Waals surface area contributed by atoms with Crippen LogP contribution in [0, 0.1) is 5.82 Å². The summed E-state index contributed by atoms with van der Waals surface area (Å²) in [5, 5.41) is 7.43. The van der Waals surface area contributed by atoms with Crippen molar-refractivity contribution in [1.82, 2.24) is 9.78 Å². The Morgan fingerprint density at radius 2 is 1.67 bits per heavy atom. The summed E-state index contributed by atoms with van der Waals surface area (Å²) in [6.07, 6.45) is 0. The molecule has 1 amide bonds.